The molecule has 0 saturated carbocycles. The van der Waals surface area contributed by atoms with Gasteiger partial charge in [-0.3, -0.25) is 0 Å². The summed E-state index contributed by atoms with van der Waals surface area (Å²) in [7, 11) is 0. The van der Waals surface area contributed by atoms with E-state index in [9.17, 15) is 4.39 Å². The molecule has 0 aromatic rings. The second-order valence-electron chi connectivity index (χ2n) is 2.14. The van der Waals surface area contributed by atoms with Crippen LogP contribution in [0.2, 0.25) is 0 Å². The number of hydrogen-bond acceptors (Lipinski definition) is 1. The molecule has 1 saturated heterocycles. The lowest BCUT2D eigenvalue weighted by atomic mass is 10.2. The number of alkyl halides is 1. The molecule has 2 heteroatoms. The predicted octanol–water partition coefficient (Wildman–Crippen LogP) is 0.706. The summed E-state index contributed by atoms with van der Waals surface area (Å²) in [6.07, 6.45) is 0.106. The molecule has 0 spiro atoms. The molecule has 1 N–H and O–H groups in total. The van der Waals surface area contributed by atoms with Crippen molar-refractivity contribution in [2.45, 2.75) is 25.6 Å². The molecule has 0 unspecified atom stereocenters. The summed E-state index contributed by atoms with van der Waals surface area (Å²) in [5.74, 6) is 0. The van der Waals surface area contributed by atoms with Crippen molar-refractivity contribution in [3.63, 3.8) is 0 Å². The van der Waals surface area contributed by atoms with Gasteiger partial charge < -0.3 is 5.32 Å². The monoisotopic (exact) mass is 103 g/mol. The third-order valence-corrected chi connectivity index (χ3v) is 1.30. The van der Waals surface area contributed by atoms with E-state index in [0.29, 0.717) is 19.0 Å². The molecule has 0 amide bonds. The van der Waals surface area contributed by atoms with Gasteiger partial charge in [0.05, 0.1) is 0 Å². The van der Waals surface area contributed by atoms with Crippen molar-refractivity contribution in [2.24, 2.45) is 0 Å². The summed E-state index contributed by atoms with van der Waals surface area (Å²) in [5, 5.41) is 2.99. The van der Waals surface area contributed by atoms with Gasteiger partial charge in [-0.1, -0.05) is 0 Å². The van der Waals surface area contributed by atoms with Gasteiger partial charge in [-0.05, 0) is 13.3 Å². The molecule has 1 nitrogen and oxygen atoms in total. The summed E-state index contributed by atoms with van der Waals surface area (Å²) in [4.78, 5) is 0. The quantitative estimate of drug-likeness (QED) is 0.476. The summed E-state index contributed by atoms with van der Waals surface area (Å²) >= 11 is 0. The van der Waals surface area contributed by atoms with E-state index < -0.39 is 6.17 Å². The van der Waals surface area contributed by atoms with Gasteiger partial charge in [-0.15, -0.1) is 0 Å². The molecule has 1 fully saturated rings. The first-order chi connectivity index (χ1) is 3.29. The molecule has 0 bridgehead atoms. The van der Waals surface area contributed by atoms with Crippen LogP contribution in [-0.2, 0) is 0 Å². The van der Waals surface area contributed by atoms with Crippen LogP contribution in [0.1, 0.15) is 13.3 Å². The third kappa shape index (κ3) is 1.13. The molecule has 2 atom stereocenters. The van der Waals surface area contributed by atoms with Crippen molar-refractivity contribution >= 4 is 0 Å². The van der Waals surface area contributed by atoms with Crippen LogP contribution in [0.3, 0.4) is 0 Å². The SMILES string of the molecule is C[C@H]1C[C@H](F)CN1. The van der Waals surface area contributed by atoms with Crippen LogP contribution in [0.5, 0.6) is 0 Å². The van der Waals surface area contributed by atoms with Gasteiger partial charge in [0, 0.05) is 12.6 Å². The Hall–Kier alpha value is -0.110. The van der Waals surface area contributed by atoms with Crippen LogP contribution in [-0.4, -0.2) is 18.8 Å². The molecule has 7 heavy (non-hydrogen) atoms. The van der Waals surface area contributed by atoms with Gasteiger partial charge in [0.1, 0.15) is 6.17 Å². The van der Waals surface area contributed by atoms with Gasteiger partial charge in [-0.25, -0.2) is 4.39 Å². The first-order valence-corrected chi connectivity index (χ1v) is 2.66. The van der Waals surface area contributed by atoms with E-state index in [2.05, 4.69) is 5.32 Å². The van der Waals surface area contributed by atoms with Crippen LogP contribution >= 0.6 is 0 Å². The maximum absolute atomic E-state index is 12.1. The minimum atomic E-state index is -0.588. The zero-order chi connectivity index (χ0) is 5.28. The Morgan fingerprint density at radius 1 is 1.71 bits per heavy atom. The highest BCUT2D eigenvalue weighted by atomic mass is 19.1. The van der Waals surface area contributed by atoms with Crippen molar-refractivity contribution in [3.8, 4) is 0 Å². The van der Waals surface area contributed by atoms with E-state index >= 15 is 0 Å². The van der Waals surface area contributed by atoms with Crippen LogP contribution < -0.4 is 5.32 Å². The number of hydrogen-bond donors (Lipinski definition) is 1. The van der Waals surface area contributed by atoms with Crippen LogP contribution in [0.4, 0.5) is 4.39 Å². The molecule has 1 rings (SSSR count). The summed E-state index contributed by atoms with van der Waals surface area (Å²) < 4.78 is 12.1. The second-order valence-corrected chi connectivity index (χ2v) is 2.14. The lowest BCUT2D eigenvalue weighted by molar-refractivity contribution is 0.357. The number of halogens is 1. The van der Waals surface area contributed by atoms with Crippen molar-refractivity contribution in [1.82, 2.24) is 5.32 Å². The fourth-order valence-electron chi connectivity index (χ4n) is 0.879. The lowest BCUT2D eigenvalue weighted by Gasteiger charge is -1.94. The van der Waals surface area contributed by atoms with Gasteiger partial charge in [0.25, 0.3) is 0 Å². The Morgan fingerprint density at radius 2 is 2.43 bits per heavy atom. The predicted molar refractivity (Wildman–Crippen MR) is 27.0 cm³/mol. The normalized spacial score (nSPS) is 42.0. The van der Waals surface area contributed by atoms with Crippen molar-refractivity contribution in [1.29, 1.82) is 0 Å². The van der Waals surface area contributed by atoms with E-state index in [1.807, 2.05) is 6.92 Å². The molecule has 1 aliphatic heterocycles. The maximum atomic E-state index is 12.1. The molecular weight excluding hydrogens is 93.1 g/mol. The maximum Gasteiger partial charge on any atom is 0.114 e. The Labute approximate surface area is 42.9 Å². The van der Waals surface area contributed by atoms with Gasteiger partial charge >= 0.3 is 0 Å². The molecule has 0 aromatic heterocycles. The number of nitrogens with one attached hydrogen (secondary N) is 1. The average molecular weight is 103 g/mol. The first-order valence-electron chi connectivity index (χ1n) is 2.66. The van der Waals surface area contributed by atoms with Crippen LogP contribution in [0.25, 0.3) is 0 Å². The highest BCUT2D eigenvalue weighted by Gasteiger charge is 2.18. The third-order valence-electron chi connectivity index (χ3n) is 1.30. The molecule has 1 heterocycles. The summed E-state index contributed by atoms with van der Waals surface area (Å²) in [5.41, 5.74) is 0. The van der Waals surface area contributed by atoms with E-state index in [4.69, 9.17) is 0 Å². The Morgan fingerprint density at radius 3 is 2.57 bits per heavy atom. The topological polar surface area (TPSA) is 12.0 Å². The van der Waals surface area contributed by atoms with Crippen molar-refractivity contribution < 1.29 is 4.39 Å². The minimum absolute atomic E-state index is 0.398. The molecule has 0 radical (unpaired) electrons. The fourth-order valence-corrected chi connectivity index (χ4v) is 0.879. The Balaban J connectivity index is 2.26. The Bertz CT molecular complexity index is 57.1. The highest BCUT2D eigenvalue weighted by molar-refractivity contribution is 4.76. The van der Waals surface area contributed by atoms with E-state index in [0.717, 1.165) is 0 Å². The fraction of sp³-hybridized carbons (Fsp3) is 1.00. The van der Waals surface area contributed by atoms with Crippen LogP contribution in [0.15, 0.2) is 0 Å². The van der Waals surface area contributed by atoms with E-state index in [-0.39, 0.29) is 0 Å². The Kier molecular flexibility index (Phi) is 1.28. The minimum Gasteiger partial charge on any atom is -0.311 e. The molecule has 0 aromatic carbocycles. The van der Waals surface area contributed by atoms with E-state index in [1.54, 1.807) is 0 Å². The largest absolute Gasteiger partial charge is 0.311 e. The molecule has 0 aliphatic carbocycles. The van der Waals surface area contributed by atoms with Crippen LogP contribution in [0, 0.1) is 0 Å². The van der Waals surface area contributed by atoms with Gasteiger partial charge in [0.15, 0.2) is 0 Å². The van der Waals surface area contributed by atoms with Gasteiger partial charge in [0.2, 0.25) is 0 Å². The lowest BCUT2D eigenvalue weighted by Crippen LogP contribution is -2.16. The zero-order valence-corrected chi connectivity index (χ0v) is 4.45. The molecule has 1 aliphatic rings. The van der Waals surface area contributed by atoms with Gasteiger partial charge in [-0.2, -0.15) is 0 Å². The molecular formula is C5H10FN. The smallest absolute Gasteiger partial charge is 0.114 e. The summed E-state index contributed by atoms with van der Waals surface area (Å²) in [6.45, 7) is 2.56. The average Bonchev–Trinajstić information content (AvgIpc) is 1.87. The standard InChI is InChI=1S/C5H10FN/c1-4-2-5(6)3-7-4/h4-5,7H,2-3H2,1H3/t4-,5-/m0/s1. The second kappa shape index (κ2) is 1.78. The first kappa shape index (κ1) is 5.04. The summed E-state index contributed by atoms with van der Waals surface area (Å²) in [6, 6.07) is 0.398. The molecule has 42 valence electrons. The number of rotatable bonds is 0. The van der Waals surface area contributed by atoms with Crippen molar-refractivity contribution in [2.75, 3.05) is 6.54 Å². The van der Waals surface area contributed by atoms with E-state index in [1.165, 1.54) is 0 Å². The highest BCUT2D eigenvalue weighted by Crippen LogP contribution is 2.07. The zero-order valence-electron chi connectivity index (χ0n) is 4.45. The van der Waals surface area contributed by atoms with Crippen molar-refractivity contribution in [3.05, 3.63) is 0 Å².